The second-order valence-corrected chi connectivity index (χ2v) is 5.79. The van der Waals surface area contributed by atoms with Crippen LogP contribution < -0.4 is 4.72 Å². The van der Waals surface area contributed by atoms with E-state index in [2.05, 4.69) is 4.72 Å². The van der Waals surface area contributed by atoms with Gasteiger partial charge in [0.1, 0.15) is 0 Å². The SMILES string of the molecule is O=C(O)CCCNS(=O)(=O)C1CCOCC1. The van der Waals surface area contributed by atoms with Gasteiger partial charge in [0, 0.05) is 26.2 Å². The highest BCUT2D eigenvalue weighted by molar-refractivity contribution is 7.90. The van der Waals surface area contributed by atoms with E-state index in [0.717, 1.165) is 0 Å². The van der Waals surface area contributed by atoms with Crippen LogP contribution in [-0.2, 0) is 19.6 Å². The van der Waals surface area contributed by atoms with Gasteiger partial charge < -0.3 is 9.84 Å². The van der Waals surface area contributed by atoms with E-state index in [1.54, 1.807) is 0 Å². The first-order valence-electron chi connectivity index (χ1n) is 5.30. The van der Waals surface area contributed by atoms with Crippen LogP contribution in [0.2, 0.25) is 0 Å². The summed E-state index contributed by atoms with van der Waals surface area (Å²) in [5.74, 6) is -0.912. The summed E-state index contributed by atoms with van der Waals surface area (Å²) in [6, 6.07) is 0. The second-order valence-electron chi connectivity index (χ2n) is 3.75. The van der Waals surface area contributed by atoms with Crippen LogP contribution in [0.3, 0.4) is 0 Å². The fourth-order valence-corrected chi connectivity index (χ4v) is 3.04. The Morgan fingerprint density at radius 2 is 2.00 bits per heavy atom. The number of ether oxygens (including phenoxy) is 1. The average Bonchev–Trinajstić information content (AvgIpc) is 2.26. The molecule has 1 aliphatic heterocycles. The van der Waals surface area contributed by atoms with Crippen LogP contribution >= 0.6 is 0 Å². The van der Waals surface area contributed by atoms with Crippen molar-refractivity contribution in [2.24, 2.45) is 0 Å². The number of sulfonamides is 1. The highest BCUT2D eigenvalue weighted by atomic mass is 32.2. The molecule has 1 heterocycles. The van der Waals surface area contributed by atoms with E-state index in [1.165, 1.54) is 0 Å². The van der Waals surface area contributed by atoms with E-state index in [4.69, 9.17) is 9.84 Å². The Bertz CT molecular complexity index is 321. The van der Waals surface area contributed by atoms with Gasteiger partial charge in [-0.1, -0.05) is 0 Å². The van der Waals surface area contributed by atoms with E-state index < -0.39 is 21.2 Å². The third-order valence-electron chi connectivity index (χ3n) is 2.48. The molecule has 1 aliphatic rings. The van der Waals surface area contributed by atoms with E-state index >= 15 is 0 Å². The highest BCUT2D eigenvalue weighted by Gasteiger charge is 2.26. The third-order valence-corrected chi connectivity index (χ3v) is 4.43. The highest BCUT2D eigenvalue weighted by Crippen LogP contribution is 2.14. The van der Waals surface area contributed by atoms with E-state index in [9.17, 15) is 13.2 Å². The van der Waals surface area contributed by atoms with Crippen molar-refractivity contribution >= 4 is 16.0 Å². The number of hydrogen-bond acceptors (Lipinski definition) is 4. The van der Waals surface area contributed by atoms with Gasteiger partial charge in [0.15, 0.2) is 0 Å². The Balaban J connectivity index is 2.30. The Hall–Kier alpha value is -0.660. The van der Waals surface area contributed by atoms with Crippen molar-refractivity contribution in [3.05, 3.63) is 0 Å². The molecule has 0 aromatic rings. The van der Waals surface area contributed by atoms with Crippen LogP contribution in [0, 0.1) is 0 Å². The number of carboxylic acids is 1. The Morgan fingerprint density at radius 1 is 1.38 bits per heavy atom. The van der Waals surface area contributed by atoms with Gasteiger partial charge in [-0.05, 0) is 19.3 Å². The molecule has 1 saturated heterocycles. The average molecular weight is 251 g/mol. The lowest BCUT2D eigenvalue weighted by molar-refractivity contribution is -0.137. The summed E-state index contributed by atoms with van der Waals surface area (Å²) < 4.78 is 31.0. The standard InChI is InChI=1S/C9H17NO5S/c11-9(12)2-1-5-10-16(13,14)8-3-6-15-7-4-8/h8,10H,1-7H2,(H,11,12). The summed E-state index contributed by atoms with van der Waals surface area (Å²) in [5.41, 5.74) is 0. The van der Waals surface area contributed by atoms with Crippen LogP contribution in [-0.4, -0.2) is 44.5 Å². The van der Waals surface area contributed by atoms with E-state index in [-0.39, 0.29) is 13.0 Å². The lowest BCUT2D eigenvalue weighted by atomic mass is 10.2. The molecule has 0 amide bonds. The molecule has 2 N–H and O–H groups in total. The number of rotatable bonds is 6. The van der Waals surface area contributed by atoms with Crippen molar-refractivity contribution in [2.45, 2.75) is 30.9 Å². The van der Waals surface area contributed by atoms with Crippen LogP contribution in [0.5, 0.6) is 0 Å². The normalized spacial score (nSPS) is 18.5. The summed E-state index contributed by atoms with van der Waals surface area (Å²) in [6.45, 7) is 1.13. The van der Waals surface area contributed by atoms with Gasteiger partial charge in [-0.3, -0.25) is 4.79 Å². The number of aliphatic carboxylic acids is 1. The van der Waals surface area contributed by atoms with Gasteiger partial charge in [-0.2, -0.15) is 0 Å². The first-order chi connectivity index (χ1) is 7.52. The van der Waals surface area contributed by atoms with Gasteiger partial charge >= 0.3 is 5.97 Å². The largest absolute Gasteiger partial charge is 0.481 e. The molecule has 0 aliphatic carbocycles. The minimum absolute atomic E-state index is 0.0176. The van der Waals surface area contributed by atoms with Crippen LogP contribution in [0.4, 0.5) is 0 Å². The van der Waals surface area contributed by atoms with Crippen molar-refractivity contribution in [3.63, 3.8) is 0 Å². The van der Waals surface area contributed by atoms with E-state index in [0.29, 0.717) is 32.5 Å². The fourth-order valence-electron chi connectivity index (χ4n) is 1.56. The molecule has 0 unspecified atom stereocenters. The Morgan fingerprint density at radius 3 is 2.56 bits per heavy atom. The zero-order valence-electron chi connectivity index (χ0n) is 9.02. The number of carbonyl (C=O) groups is 1. The Kier molecular flexibility index (Phi) is 5.17. The van der Waals surface area contributed by atoms with Crippen LogP contribution in [0.15, 0.2) is 0 Å². The summed E-state index contributed by atoms with van der Waals surface area (Å²) >= 11 is 0. The van der Waals surface area contributed by atoms with Crippen molar-refractivity contribution in [2.75, 3.05) is 19.8 Å². The lowest BCUT2D eigenvalue weighted by Crippen LogP contribution is -2.38. The van der Waals surface area contributed by atoms with Crippen molar-refractivity contribution in [1.82, 2.24) is 4.72 Å². The molecule has 16 heavy (non-hydrogen) atoms. The predicted octanol–water partition coefficient (Wildman–Crippen LogP) is -0.0504. The molecule has 0 saturated carbocycles. The van der Waals surface area contributed by atoms with Gasteiger partial charge in [-0.25, -0.2) is 13.1 Å². The molecule has 0 aromatic heterocycles. The zero-order valence-corrected chi connectivity index (χ0v) is 9.83. The molecule has 1 rings (SSSR count). The minimum Gasteiger partial charge on any atom is -0.481 e. The monoisotopic (exact) mass is 251 g/mol. The maximum Gasteiger partial charge on any atom is 0.303 e. The first-order valence-corrected chi connectivity index (χ1v) is 6.85. The third kappa shape index (κ3) is 4.46. The minimum atomic E-state index is -3.30. The summed E-state index contributed by atoms with van der Waals surface area (Å²) in [5, 5.41) is 8.00. The zero-order chi connectivity index (χ0) is 12.0. The van der Waals surface area contributed by atoms with Gasteiger partial charge in [-0.15, -0.1) is 0 Å². The van der Waals surface area contributed by atoms with E-state index in [1.807, 2.05) is 0 Å². The lowest BCUT2D eigenvalue weighted by Gasteiger charge is -2.22. The molecule has 6 nitrogen and oxygen atoms in total. The fraction of sp³-hybridized carbons (Fsp3) is 0.889. The smallest absolute Gasteiger partial charge is 0.303 e. The van der Waals surface area contributed by atoms with Crippen molar-refractivity contribution in [3.8, 4) is 0 Å². The quantitative estimate of drug-likeness (QED) is 0.646. The van der Waals surface area contributed by atoms with Crippen LogP contribution in [0.1, 0.15) is 25.7 Å². The molecule has 0 aromatic carbocycles. The second kappa shape index (κ2) is 6.17. The molecule has 1 fully saturated rings. The van der Waals surface area contributed by atoms with Gasteiger partial charge in [0.2, 0.25) is 10.0 Å². The van der Waals surface area contributed by atoms with Crippen molar-refractivity contribution < 1.29 is 23.1 Å². The van der Waals surface area contributed by atoms with Crippen molar-refractivity contribution in [1.29, 1.82) is 0 Å². The van der Waals surface area contributed by atoms with Gasteiger partial charge in [0.05, 0.1) is 5.25 Å². The number of carboxylic acid groups (broad SMARTS) is 1. The predicted molar refractivity (Wildman–Crippen MR) is 57.6 cm³/mol. The van der Waals surface area contributed by atoms with Crippen LogP contribution in [0.25, 0.3) is 0 Å². The molecular formula is C9H17NO5S. The molecule has 7 heteroatoms. The maximum absolute atomic E-state index is 11.7. The van der Waals surface area contributed by atoms with Gasteiger partial charge in [0.25, 0.3) is 0 Å². The molecule has 0 bridgehead atoms. The molecular weight excluding hydrogens is 234 g/mol. The molecule has 0 atom stereocenters. The topological polar surface area (TPSA) is 92.7 Å². The summed E-state index contributed by atoms with van der Waals surface area (Å²) in [4.78, 5) is 10.2. The summed E-state index contributed by atoms with van der Waals surface area (Å²) in [7, 11) is -3.30. The maximum atomic E-state index is 11.7. The summed E-state index contributed by atoms with van der Waals surface area (Å²) in [6.07, 6.45) is 1.32. The Labute approximate surface area is 95.0 Å². The number of nitrogens with one attached hydrogen (secondary N) is 1. The molecule has 0 spiro atoms. The number of hydrogen-bond donors (Lipinski definition) is 2. The molecule has 0 radical (unpaired) electrons. The first kappa shape index (κ1) is 13.4. The molecule has 94 valence electrons.